The highest BCUT2D eigenvalue weighted by Crippen LogP contribution is 2.44. The van der Waals surface area contributed by atoms with Crippen LogP contribution in [0.5, 0.6) is 0 Å². The van der Waals surface area contributed by atoms with Crippen LogP contribution in [0.1, 0.15) is 33.1 Å². The summed E-state index contributed by atoms with van der Waals surface area (Å²) in [5.74, 6) is 0. The molecule has 54 valence electrons. The summed E-state index contributed by atoms with van der Waals surface area (Å²) in [6.45, 7) is 4.48. The number of rotatable bonds is 2. The maximum absolute atomic E-state index is 5.26. The van der Waals surface area contributed by atoms with E-state index < -0.39 is 0 Å². The van der Waals surface area contributed by atoms with Gasteiger partial charge in [-0.15, -0.1) is 0 Å². The molecule has 1 rings (SSSR count). The first kappa shape index (κ1) is 7.07. The molecule has 0 aromatic heterocycles. The topological polar surface area (TPSA) is 9.23 Å². The van der Waals surface area contributed by atoms with Gasteiger partial charge in [0.25, 0.3) is 0 Å². The first-order valence-electron chi connectivity index (χ1n) is 3.72. The van der Waals surface area contributed by atoms with Gasteiger partial charge in [0.15, 0.2) is 0 Å². The second-order valence-corrected chi connectivity index (χ2v) is 3.39. The fourth-order valence-electron chi connectivity index (χ4n) is 1.43. The Bertz CT molecular complexity index is 94.7. The van der Waals surface area contributed by atoms with E-state index in [1.165, 1.54) is 19.3 Å². The summed E-state index contributed by atoms with van der Waals surface area (Å²) in [6.07, 6.45) is 4.54. The van der Waals surface area contributed by atoms with E-state index in [2.05, 4.69) is 13.8 Å². The highest BCUT2D eigenvalue weighted by atomic mass is 16.5. The molecular formula is C8H16O. The van der Waals surface area contributed by atoms with Crippen LogP contribution in [-0.2, 0) is 4.74 Å². The summed E-state index contributed by atoms with van der Waals surface area (Å²) >= 11 is 0. The smallest absolute Gasteiger partial charge is 0.0596 e. The molecule has 0 bridgehead atoms. The van der Waals surface area contributed by atoms with Gasteiger partial charge in [-0.2, -0.15) is 0 Å². The van der Waals surface area contributed by atoms with E-state index in [1.807, 2.05) is 0 Å². The minimum absolute atomic E-state index is 0.450. The van der Waals surface area contributed by atoms with E-state index in [1.54, 1.807) is 7.11 Å². The Balaban J connectivity index is 2.38. The van der Waals surface area contributed by atoms with E-state index in [4.69, 9.17) is 4.74 Å². The van der Waals surface area contributed by atoms with Gasteiger partial charge in [0.1, 0.15) is 0 Å². The lowest BCUT2D eigenvalue weighted by Gasteiger charge is -2.42. The maximum Gasteiger partial charge on any atom is 0.0596 e. The molecule has 0 aromatic rings. The van der Waals surface area contributed by atoms with Crippen molar-refractivity contribution in [1.82, 2.24) is 0 Å². The first-order chi connectivity index (χ1) is 4.19. The molecule has 0 N–H and O–H groups in total. The number of hydrogen-bond acceptors (Lipinski definition) is 1. The number of ether oxygens (including phenoxy) is 1. The lowest BCUT2D eigenvalue weighted by atomic mass is 9.67. The highest BCUT2D eigenvalue weighted by Gasteiger charge is 2.37. The standard InChI is InChI=1S/C8H16O/c1-7(9-3)8(2)5-4-6-8/h7H,4-6H2,1-3H3. The van der Waals surface area contributed by atoms with Crippen molar-refractivity contribution in [3.05, 3.63) is 0 Å². The van der Waals surface area contributed by atoms with Crippen molar-refractivity contribution in [1.29, 1.82) is 0 Å². The zero-order valence-corrected chi connectivity index (χ0v) is 6.61. The molecule has 0 heterocycles. The third kappa shape index (κ3) is 1.11. The van der Waals surface area contributed by atoms with Gasteiger partial charge < -0.3 is 4.74 Å². The van der Waals surface area contributed by atoms with Gasteiger partial charge in [-0.1, -0.05) is 13.3 Å². The number of hydrogen-bond donors (Lipinski definition) is 0. The summed E-state index contributed by atoms with van der Waals surface area (Å²) < 4.78 is 5.26. The lowest BCUT2D eigenvalue weighted by Crippen LogP contribution is -2.37. The van der Waals surface area contributed by atoms with Crippen LogP contribution < -0.4 is 0 Å². The van der Waals surface area contributed by atoms with Gasteiger partial charge in [0.05, 0.1) is 6.10 Å². The Morgan fingerprint density at radius 1 is 1.44 bits per heavy atom. The zero-order valence-electron chi connectivity index (χ0n) is 6.61. The van der Waals surface area contributed by atoms with Crippen molar-refractivity contribution in [3.63, 3.8) is 0 Å². The maximum atomic E-state index is 5.26. The van der Waals surface area contributed by atoms with Crippen LogP contribution >= 0.6 is 0 Å². The third-order valence-electron chi connectivity index (χ3n) is 2.83. The molecular weight excluding hydrogens is 112 g/mol. The quantitative estimate of drug-likeness (QED) is 0.554. The molecule has 0 amide bonds. The summed E-state index contributed by atoms with van der Waals surface area (Å²) in [7, 11) is 1.80. The Hall–Kier alpha value is -0.0400. The van der Waals surface area contributed by atoms with Crippen molar-refractivity contribution in [2.75, 3.05) is 7.11 Å². The predicted octanol–water partition coefficient (Wildman–Crippen LogP) is 2.21. The van der Waals surface area contributed by atoms with E-state index in [9.17, 15) is 0 Å². The van der Waals surface area contributed by atoms with Crippen molar-refractivity contribution in [2.45, 2.75) is 39.2 Å². The molecule has 0 spiro atoms. The minimum atomic E-state index is 0.450. The van der Waals surface area contributed by atoms with Gasteiger partial charge in [-0.05, 0) is 25.2 Å². The summed E-state index contributed by atoms with van der Waals surface area (Å²) in [5, 5.41) is 0. The molecule has 9 heavy (non-hydrogen) atoms. The molecule has 1 aliphatic rings. The van der Waals surface area contributed by atoms with Crippen LogP contribution in [0.2, 0.25) is 0 Å². The highest BCUT2D eigenvalue weighted by molar-refractivity contribution is 4.88. The van der Waals surface area contributed by atoms with Gasteiger partial charge in [0.2, 0.25) is 0 Å². The zero-order chi connectivity index (χ0) is 6.91. The Morgan fingerprint density at radius 2 is 2.00 bits per heavy atom. The van der Waals surface area contributed by atoms with Crippen LogP contribution in [0.25, 0.3) is 0 Å². The van der Waals surface area contributed by atoms with Crippen LogP contribution in [0.3, 0.4) is 0 Å². The van der Waals surface area contributed by atoms with Crippen LogP contribution in [0.4, 0.5) is 0 Å². The lowest BCUT2D eigenvalue weighted by molar-refractivity contribution is -0.0367. The molecule has 1 nitrogen and oxygen atoms in total. The summed E-state index contributed by atoms with van der Waals surface area (Å²) in [6, 6.07) is 0. The summed E-state index contributed by atoms with van der Waals surface area (Å²) in [5.41, 5.74) is 0.509. The Kier molecular flexibility index (Phi) is 1.80. The van der Waals surface area contributed by atoms with E-state index in [0.717, 1.165) is 0 Å². The molecule has 0 saturated heterocycles. The molecule has 0 aromatic carbocycles. The molecule has 1 heteroatoms. The van der Waals surface area contributed by atoms with Crippen molar-refractivity contribution in [3.8, 4) is 0 Å². The van der Waals surface area contributed by atoms with E-state index in [0.29, 0.717) is 11.5 Å². The average Bonchev–Trinajstić information content (AvgIpc) is 1.81. The Labute approximate surface area is 57.4 Å². The largest absolute Gasteiger partial charge is 0.381 e. The fourth-order valence-corrected chi connectivity index (χ4v) is 1.43. The van der Waals surface area contributed by atoms with Gasteiger partial charge >= 0.3 is 0 Å². The van der Waals surface area contributed by atoms with Crippen molar-refractivity contribution >= 4 is 0 Å². The van der Waals surface area contributed by atoms with E-state index >= 15 is 0 Å². The number of methoxy groups -OCH3 is 1. The normalized spacial score (nSPS) is 27.0. The van der Waals surface area contributed by atoms with Gasteiger partial charge in [-0.25, -0.2) is 0 Å². The van der Waals surface area contributed by atoms with Crippen LogP contribution in [0, 0.1) is 5.41 Å². The van der Waals surface area contributed by atoms with E-state index in [-0.39, 0.29) is 0 Å². The molecule has 1 saturated carbocycles. The average molecular weight is 128 g/mol. The van der Waals surface area contributed by atoms with Crippen molar-refractivity contribution < 1.29 is 4.74 Å². The van der Waals surface area contributed by atoms with Gasteiger partial charge in [-0.3, -0.25) is 0 Å². The second-order valence-electron chi connectivity index (χ2n) is 3.39. The SMILES string of the molecule is COC(C)C1(C)CCC1. The van der Waals surface area contributed by atoms with Gasteiger partial charge in [0, 0.05) is 7.11 Å². The third-order valence-corrected chi connectivity index (χ3v) is 2.83. The molecule has 1 fully saturated rings. The molecule has 0 radical (unpaired) electrons. The molecule has 1 atom stereocenters. The minimum Gasteiger partial charge on any atom is -0.381 e. The molecule has 1 unspecified atom stereocenters. The monoisotopic (exact) mass is 128 g/mol. The van der Waals surface area contributed by atoms with Crippen LogP contribution in [-0.4, -0.2) is 13.2 Å². The first-order valence-corrected chi connectivity index (χ1v) is 3.72. The molecule has 0 aliphatic heterocycles. The molecule has 1 aliphatic carbocycles. The fraction of sp³-hybridized carbons (Fsp3) is 1.00. The van der Waals surface area contributed by atoms with Crippen LogP contribution in [0.15, 0.2) is 0 Å². The summed E-state index contributed by atoms with van der Waals surface area (Å²) in [4.78, 5) is 0. The van der Waals surface area contributed by atoms with Crippen molar-refractivity contribution in [2.24, 2.45) is 5.41 Å². The Morgan fingerprint density at radius 3 is 2.11 bits per heavy atom. The second kappa shape index (κ2) is 2.30. The predicted molar refractivity (Wildman–Crippen MR) is 38.4 cm³/mol.